The summed E-state index contributed by atoms with van der Waals surface area (Å²) in [5.41, 5.74) is 0.546. The van der Waals surface area contributed by atoms with Crippen LogP contribution >= 0.6 is 11.6 Å². The van der Waals surface area contributed by atoms with Gasteiger partial charge in [0.15, 0.2) is 0 Å². The monoisotopic (exact) mass is 405 g/mol. The van der Waals surface area contributed by atoms with Crippen LogP contribution in [0.4, 0.5) is 0 Å². The Bertz CT molecular complexity index is 1230. The molecule has 0 bridgehead atoms. The number of carbonyl (C=O) groups is 1. The summed E-state index contributed by atoms with van der Waals surface area (Å²) in [5.74, 6) is -1.65. The number of aliphatic carboxylic acids is 1. The van der Waals surface area contributed by atoms with Crippen LogP contribution in [-0.4, -0.2) is 26.7 Å². The number of carbonyl (C=O) groups excluding carboxylic acids is 1. The minimum atomic E-state index is -1.34. The molecule has 2 heterocycles. The Labute approximate surface area is 185 Å². The van der Waals surface area contributed by atoms with Gasteiger partial charge < -0.3 is 20.0 Å². The predicted octanol–water partition coefficient (Wildman–Crippen LogP) is -3.13. The number of aromatic amines is 1. The van der Waals surface area contributed by atoms with Crippen molar-refractivity contribution in [3.8, 4) is 11.6 Å². The van der Waals surface area contributed by atoms with E-state index in [1.165, 1.54) is 6.07 Å². The van der Waals surface area contributed by atoms with E-state index < -0.39 is 17.7 Å². The number of imidazole rings is 1. The Morgan fingerprint density at radius 2 is 1.96 bits per heavy atom. The summed E-state index contributed by atoms with van der Waals surface area (Å²) in [6, 6.07) is 12.3. The van der Waals surface area contributed by atoms with Crippen LogP contribution in [0.5, 0.6) is 5.88 Å². The predicted molar refractivity (Wildman–Crippen MR) is 96.2 cm³/mol. The number of fused-ring (bicyclic) bond motifs is 1. The first-order valence-electron chi connectivity index (χ1n) is 8.13. The number of aromatic hydroxyl groups is 1. The minimum absolute atomic E-state index is 0. The van der Waals surface area contributed by atoms with E-state index in [2.05, 4.69) is 9.98 Å². The van der Waals surface area contributed by atoms with Crippen molar-refractivity contribution in [3.05, 3.63) is 80.3 Å². The maximum absolute atomic E-state index is 12.4. The van der Waals surface area contributed by atoms with E-state index in [0.29, 0.717) is 26.9 Å². The number of hydrogen-bond acceptors (Lipinski definition) is 5. The fourth-order valence-electron chi connectivity index (χ4n) is 3.21. The number of carboxylic acids is 1. The molecular formula is C19H13ClN3NaO4. The summed E-state index contributed by atoms with van der Waals surface area (Å²) in [6.07, 6.45) is -0.0285. The first-order chi connectivity index (χ1) is 13.0. The van der Waals surface area contributed by atoms with E-state index in [1.807, 2.05) is 0 Å². The molecular weight excluding hydrogens is 393 g/mol. The molecule has 1 unspecified atom stereocenters. The molecule has 3 aromatic rings. The van der Waals surface area contributed by atoms with Gasteiger partial charge in [-0.05, 0) is 29.8 Å². The van der Waals surface area contributed by atoms with E-state index in [4.69, 9.17) is 11.6 Å². The van der Waals surface area contributed by atoms with Crippen LogP contribution in [0.15, 0.2) is 58.3 Å². The molecule has 0 radical (unpaired) electrons. The van der Waals surface area contributed by atoms with Gasteiger partial charge in [0.05, 0.1) is 23.1 Å². The van der Waals surface area contributed by atoms with Gasteiger partial charge in [-0.3, -0.25) is 4.99 Å². The molecule has 0 aliphatic carbocycles. The topological polar surface area (TPSA) is 111 Å². The zero-order chi connectivity index (χ0) is 19.1. The molecule has 2 N–H and O–H groups in total. The Balaban J connectivity index is 0.00000225. The largest absolute Gasteiger partial charge is 1.00 e. The molecule has 0 saturated heterocycles. The summed E-state index contributed by atoms with van der Waals surface area (Å²) in [5, 5.41) is 23.5. The van der Waals surface area contributed by atoms with Gasteiger partial charge in [0, 0.05) is 16.7 Å². The van der Waals surface area contributed by atoms with Crippen molar-refractivity contribution in [2.75, 3.05) is 0 Å². The fourth-order valence-corrected chi connectivity index (χ4v) is 3.38. The van der Waals surface area contributed by atoms with Gasteiger partial charge in [0.25, 0.3) is 0 Å². The van der Waals surface area contributed by atoms with Crippen LogP contribution in [0.2, 0.25) is 5.02 Å². The molecule has 1 atom stereocenters. The summed E-state index contributed by atoms with van der Waals surface area (Å²) in [6.45, 7) is 0. The van der Waals surface area contributed by atoms with Crippen LogP contribution in [0, 0.1) is 0 Å². The fraction of sp³-hybridized carbons (Fsp3) is 0.105. The number of H-pyrrole nitrogens is 1. The number of hydrogen-bond donors (Lipinski definition) is 2. The van der Waals surface area contributed by atoms with Gasteiger partial charge in [0.2, 0.25) is 5.88 Å². The van der Waals surface area contributed by atoms with Gasteiger partial charge in [0.1, 0.15) is 5.69 Å². The van der Waals surface area contributed by atoms with Gasteiger partial charge in [-0.2, -0.15) is 0 Å². The van der Waals surface area contributed by atoms with E-state index >= 15 is 0 Å². The van der Waals surface area contributed by atoms with Crippen LogP contribution in [0.3, 0.4) is 0 Å². The maximum atomic E-state index is 12.4. The number of carboxylic acid groups (broad SMARTS) is 1. The van der Waals surface area contributed by atoms with Crippen LogP contribution < -0.4 is 50.9 Å². The van der Waals surface area contributed by atoms with Crippen molar-refractivity contribution in [1.82, 2.24) is 9.55 Å². The molecule has 1 aliphatic heterocycles. The van der Waals surface area contributed by atoms with Gasteiger partial charge in [-0.25, -0.2) is 9.36 Å². The molecule has 0 fully saturated rings. The number of aromatic nitrogens is 2. The third kappa shape index (κ3) is 3.54. The summed E-state index contributed by atoms with van der Waals surface area (Å²) in [4.78, 5) is 30.6. The second-order valence-corrected chi connectivity index (χ2v) is 6.54. The number of benzene rings is 2. The number of nitrogens with one attached hydrogen (secondary N) is 1. The van der Waals surface area contributed by atoms with Crippen molar-refractivity contribution < 1.29 is 44.6 Å². The average Bonchev–Trinajstić information content (AvgIpc) is 2.95. The third-order valence-corrected chi connectivity index (χ3v) is 4.67. The summed E-state index contributed by atoms with van der Waals surface area (Å²) >= 11 is 5.99. The molecule has 1 aromatic heterocycles. The standard InChI is InChI=1S/C19H14ClN3O4.Na/c20-10-6-7-12-13(9-15(18(25)26)21-14(12)8-10)16-17(24)23(19(27)22-16)11-4-2-1-3-5-11;/h1-8,15,24H,9H2,(H,22,27)(H,25,26);/q;+1/p-1. The van der Waals surface area contributed by atoms with Crippen molar-refractivity contribution in [2.24, 2.45) is 4.99 Å². The molecule has 9 heteroatoms. The van der Waals surface area contributed by atoms with Gasteiger partial charge >= 0.3 is 35.2 Å². The van der Waals surface area contributed by atoms with Crippen molar-refractivity contribution in [2.45, 2.75) is 12.5 Å². The summed E-state index contributed by atoms with van der Waals surface area (Å²) < 4.78 is 1.12. The number of rotatable bonds is 3. The SMILES string of the molecule is O=C([O-])C1CC(c2[nH]c(=O)n(-c3ccccc3)c2O)=c2ccc(Cl)cc2=N1.[Na+]. The van der Waals surface area contributed by atoms with Gasteiger partial charge in [-0.15, -0.1) is 0 Å². The number of halogens is 1. The quantitative estimate of drug-likeness (QED) is 0.449. The van der Waals surface area contributed by atoms with E-state index in [-0.39, 0.29) is 47.6 Å². The molecule has 0 amide bonds. The molecule has 4 rings (SSSR count). The van der Waals surface area contributed by atoms with E-state index in [0.717, 1.165) is 4.57 Å². The molecule has 7 nitrogen and oxygen atoms in total. The van der Waals surface area contributed by atoms with Crippen LogP contribution in [-0.2, 0) is 4.79 Å². The Hall–Kier alpha value is -2.32. The third-order valence-electron chi connectivity index (χ3n) is 4.44. The van der Waals surface area contributed by atoms with E-state index in [9.17, 15) is 19.8 Å². The second kappa shape index (κ2) is 7.97. The zero-order valence-corrected chi connectivity index (χ0v) is 17.6. The molecule has 0 spiro atoms. The van der Waals surface area contributed by atoms with Crippen molar-refractivity contribution in [3.63, 3.8) is 0 Å². The normalized spacial score (nSPS) is 15.3. The average molecular weight is 406 g/mol. The molecule has 136 valence electrons. The van der Waals surface area contributed by atoms with E-state index in [1.54, 1.807) is 42.5 Å². The number of para-hydroxylation sites is 1. The first kappa shape index (κ1) is 20.4. The molecule has 0 saturated carbocycles. The first-order valence-corrected chi connectivity index (χ1v) is 8.50. The Morgan fingerprint density at radius 1 is 1.25 bits per heavy atom. The van der Waals surface area contributed by atoms with Crippen LogP contribution in [0.1, 0.15) is 12.1 Å². The van der Waals surface area contributed by atoms with Crippen LogP contribution in [0.25, 0.3) is 11.3 Å². The van der Waals surface area contributed by atoms with Crippen molar-refractivity contribution >= 4 is 23.1 Å². The molecule has 1 aliphatic rings. The Kier molecular flexibility index (Phi) is 5.81. The van der Waals surface area contributed by atoms with Crippen molar-refractivity contribution in [1.29, 1.82) is 0 Å². The summed E-state index contributed by atoms with van der Waals surface area (Å²) in [7, 11) is 0. The van der Waals surface area contributed by atoms with Gasteiger partial charge in [-0.1, -0.05) is 35.9 Å². The molecule has 2 aromatic carbocycles. The Morgan fingerprint density at radius 3 is 2.64 bits per heavy atom. The zero-order valence-electron chi connectivity index (χ0n) is 14.8. The maximum Gasteiger partial charge on any atom is 1.00 e. The minimum Gasteiger partial charge on any atom is -0.548 e. The second-order valence-electron chi connectivity index (χ2n) is 6.11. The molecule has 28 heavy (non-hydrogen) atoms. The smallest absolute Gasteiger partial charge is 0.548 e. The number of nitrogens with zero attached hydrogens (tertiary/aromatic N) is 2.